The van der Waals surface area contributed by atoms with Gasteiger partial charge in [0.2, 0.25) is 11.8 Å². The lowest BCUT2D eigenvalue weighted by molar-refractivity contribution is -0.142. The zero-order valence-electron chi connectivity index (χ0n) is 18.8. The summed E-state index contributed by atoms with van der Waals surface area (Å²) in [7, 11) is 0. The van der Waals surface area contributed by atoms with Gasteiger partial charge in [0.25, 0.3) is 0 Å². The Balaban J connectivity index is 1.91. The van der Waals surface area contributed by atoms with Crippen LogP contribution in [0.1, 0.15) is 45.6 Å². The molecule has 4 nitrogen and oxygen atoms in total. The standard InChI is InChI=1S/C26H33FN2O2/c1-4-14-28-25(31)26(12-15-29(16-13-26)24(30)19(2)3)18-21-8-5-6-11-23(21)20-9-7-10-22(27)17-20/h5-11,17,19H,4,12-16,18H2,1-3H3,(H,28,31). The molecule has 0 bridgehead atoms. The van der Waals surface area contributed by atoms with E-state index in [0.29, 0.717) is 38.9 Å². The number of rotatable bonds is 7. The highest BCUT2D eigenvalue weighted by Crippen LogP contribution is 2.38. The van der Waals surface area contributed by atoms with Crippen LogP contribution in [0.4, 0.5) is 4.39 Å². The van der Waals surface area contributed by atoms with E-state index in [9.17, 15) is 14.0 Å². The van der Waals surface area contributed by atoms with Crippen LogP contribution in [0.25, 0.3) is 11.1 Å². The zero-order chi connectivity index (χ0) is 22.4. The minimum absolute atomic E-state index is 0.0462. The van der Waals surface area contributed by atoms with Gasteiger partial charge in [-0.05, 0) is 54.5 Å². The van der Waals surface area contributed by atoms with Crippen LogP contribution >= 0.6 is 0 Å². The molecule has 166 valence electrons. The number of benzene rings is 2. The van der Waals surface area contributed by atoms with Gasteiger partial charge in [0, 0.05) is 25.6 Å². The summed E-state index contributed by atoms with van der Waals surface area (Å²) in [4.78, 5) is 27.7. The molecule has 0 aromatic heterocycles. The van der Waals surface area contributed by atoms with E-state index in [2.05, 4.69) is 5.32 Å². The van der Waals surface area contributed by atoms with Crippen molar-refractivity contribution in [2.24, 2.45) is 11.3 Å². The van der Waals surface area contributed by atoms with Crippen molar-refractivity contribution >= 4 is 11.8 Å². The fourth-order valence-corrected chi connectivity index (χ4v) is 4.41. The van der Waals surface area contributed by atoms with E-state index in [0.717, 1.165) is 23.1 Å². The summed E-state index contributed by atoms with van der Waals surface area (Å²) in [5.74, 6) is -0.124. The van der Waals surface area contributed by atoms with Crippen molar-refractivity contribution in [1.29, 1.82) is 0 Å². The number of carbonyl (C=O) groups excluding carboxylic acids is 2. The van der Waals surface area contributed by atoms with Crippen molar-refractivity contribution in [3.05, 3.63) is 59.9 Å². The molecule has 0 radical (unpaired) electrons. The van der Waals surface area contributed by atoms with Gasteiger partial charge in [0.15, 0.2) is 0 Å². The van der Waals surface area contributed by atoms with Crippen molar-refractivity contribution in [2.75, 3.05) is 19.6 Å². The van der Waals surface area contributed by atoms with Crippen LogP contribution in [0.2, 0.25) is 0 Å². The minimum atomic E-state index is -0.577. The number of piperidine rings is 1. The maximum absolute atomic E-state index is 13.9. The highest BCUT2D eigenvalue weighted by atomic mass is 19.1. The molecule has 5 heteroatoms. The first kappa shape index (κ1) is 23.0. The first-order valence-electron chi connectivity index (χ1n) is 11.3. The molecule has 0 spiro atoms. The van der Waals surface area contributed by atoms with E-state index in [1.165, 1.54) is 12.1 Å². The van der Waals surface area contributed by atoms with Crippen LogP contribution in [0.5, 0.6) is 0 Å². The van der Waals surface area contributed by atoms with Gasteiger partial charge in [-0.1, -0.05) is 57.2 Å². The monoisotopic (exact) mass is 424 g/mol. The smallest absolute Gasteiger partial charge is 0.226 e. The third-order valence-corrected chi connectivity index (χ3v) is 6.23. The number of nitrogens with one attached hydrogen (secondary N) is 1. The predicted molar refractivity (Wildman–Crippen MR) is 122 cm³/mol. The third-order valence-electron chi connectivity index (χ3n) is 6.23. The van der Waals surface area contributed by atoms with E-state index >= 15 is 0 Å². The lowest BCUT2D eigenvalue weighted by Crippen LogP contribution is -2.52. The summed E-state index contributed by atoms with van der Waals surface area (Å²) in [5.41, 5.74) is 2.22. The molecule has 1 saturated heterocycles. The Morgan fingerprint density at radius 3 is 2.45 bits per heavy atom. The highest BCUT2D eigenvalue weighted by molar-refractivity contribution is 5.84. The Bertz CT molecular complexity index is 917. The molecule has 1 aliphatic rings. The van der Waals surface area contributed by atoms with Crippen LogP contribution in [-0.4, -0.2) is 36.3 Å². The normalized spacial score (nSPS) is 15.7. The Kier molecular flexibility index (Phi) is 7.47. The molecule has 1 aliphatic heterocycles. The van der Waals surface area contributed by atoms with Crippen molar-refractivity contribution in [2.45, 2.75) is 46.5 Å². The molecular formula is C26H33FN2O2. The van der Waals surface area contributed by atoms with Crippen molar-refractivity contribution in [3.8, 4) is 11.1 Å². The molecule has 31 heavy (non-hydrogen) atoms. The quantitative estimate of drug-likeness (QED) is 0.692. The SMILES string of the molecule is CCCNC(=O)C1(Cc2ccccc2-c2cccc(F)c2)CCN(C(=O)C(C)C)CC1. The topological polar surface area (TPSA) is 49.4 Å². The van der Waals surface area contributed by atoms with E-state index < -0.39 is 5.41 Å². The second-order valence-electron chi connectivity index (χ2n) is 8.86. The molecule has 2 amide bonds. The second kappa shape index (κ2) is 10.1. The summed E-state index contributed by atoms with van der Waals surface area (Å²) in [6.45, 7) is 7.66. The Morgan fingerprint density at radius 1 is 1.10 bits per heavy atom. The van der Waals surface area contributed by atoms with Gasteiger partial charge < -0.3 is 10.2 Å². The lowest BCUT2D eigenvalue weighted by Gasteiger charge is -2.41. The molecule has 2 aromatic carbocycles. The maximum Gasteiger partial charge on any atom is 0.226 e. The van der Waals surface area contributed by atoms with Crippen LogP contribution in [0, 0.1) is 17.2 Å². The summed E-state index contributed by atoms with van der Waals surface area (Å²) in [5, 5.41) is 3.10. The summed E-state index contributed by atoms with van der Waals surface area (Å²) in [6.07, 6.45) is 2.69. The van der Waals surface area contributed by atoms with E-state index in [1.807, 2.05) is 56.0 Å². The van der Waals surface area contributed by atoms with Crippen LogP contribution in [-0.2, 0) is 16.0 Å². The second-order valence-corrected chi connectivity index (χ2v) is 8.86. The van der Waals surface area contributed by atoms with Crippen LogP contribution < -0.4 is 5.32 Å². The molecule has 0 atom stereocenters. The average molecular weight is 425 g/mol. The molecule has 0 unspecified atom stereocenters. The number of halogens is 1. The molecule has 1 fully saturated rings. The molecule has 1 heterocycles. The largest absolute Gasteiger partial charge is 0.356 e. The van der Waals surface area contributed by atoms with Gasteiger partial charge in [-0.2, -0.15) is 0 Å². The third kappa shape index (κ3) is 5.33. The Labute approximate surface area is 184 Å². The van der Waals surface area contributed by atoms with Gasteiger partial charge >= 0.3 is 0 Å². The van der Waals surface area contributed by atoms with Gasteiger partial charge in [-0.15, -0.1) is 0 Å². The Hall–Kier alpha value is -2.69. The summed E-state index contributed by atoms with van der Waals surface area (Å²) < 4.78 is 13.9. The first-order chi connectivity index (χ1) is 14.9. The van der Waals surface area contributed by atoms with E-state index in [1.54, 1.807) is 6.07 Å². The molecular weight excluding hydrogens is 391 g/mol. The Morgan fingerprint density at radius 2 is 1.81 bits per heavy atom. The lowest BCUT2D eigenvalue weighted by atomic mass is 9.71. The van der Waals surface area contributed by atoms with E-state index in [-0.39, 0.29) is 23.5 Å². The van der Waals surface area contributed by atoms with Gasteiger partial charge in [-0.25, -0.2) is 4.39 Å². The molecule has 2 aromatic rings. The zero-order valence-corrected chi connectivity index (χ0v) is 18.8. The summed E-state index contributed by atoms with van der Waals surface area (Å²) >= 11 is 0. The van der Waals surface area contributed by atoms with Gasteiger partial charge in [0.1, 0.15) is 5.82 Å². The fraction of sp³-hybridized carbons (Fsp3) is 0.462. The number of hydrogen-bond acceptors (Lipinski definition) is 2. The van der Waals surface area contributed by atoms with Gasteiger partial charge in [0.05, 0.1) is 5.41 Å². The maximum atomic E-state index is 13.9. The van der Waals surface area contributed by atoms with Crippen LogP contribution in [0.3, 0.4) is 0 Å². The molecule has 3 rings (SSSR count). The highest BCUT2D eigenvalue weighted by Gasteiger charge is 2.42. The van der Waals surface area contributed by atoms with Crippen LogP contribution in [0.15, 0.2) is 48.5 Å². The predicted octanol–water partition coefficient (Wildman–Crippen LogP) is 4.83. The average Bonchev–Trinajstić information content (AvgIpc) is 2.77. The number of amides is 2. The van der Waals surface area contributed by atoms with Crippen molar-refractivity contribution < 1.29 is 14.0 Å². The number of likely N-dealkylation sites (tertiary alicyclic amines) is 1. The number of carbonyl (C=O) groups is 2. The molecule has 1 N–H and O–H groups in total. The number of nitrogens with zero attached hydrogens (tertiary/aromatic N) is 1. The minimum Gasteiger partial charge on any atom is -0.356 e. The number of hydrogen-bond donors (Lipinski definition) is 1. The van der Waals surface area contributed by atoms with Crippen molar-refractivity contribution in [3.63, 3.8) is 0 Å². The molecule has 0 saturated carbocycles. The van der Waals surface area contributed by atoms with Gasteiger partial charge in [-0.3, -0.25) is 9.59 Å². The van der Waals surface area contributed by atoms with E-state index in [4.69, 9.17) is 0 Å². The van der Waals surface area contributed by atoms with Crippen molar-refractivity contribution in [1.82, 2.24) is 10.2 Å². The molecule has 0 aliphatic carbocycles. The summed E-state index contributed by atoms with van der Waals surface area (Å²) in [6, 6.07) is 14.5. The fourth-order valence-electron chi connectivity index (χ4n) is 4.41. The first-order valence-corrected chi connectivity index (χ1v) is 11.3.